The van der Waals surface area contributed by atoms with Crippen LogP contribution in [0.25, 0.3) is 0 Å². The number of aryl methyl sites for hydroxylation is 2. The summed E-state index contributed by atoms with van der Waals surface area (Å²) in [5, 5.41) is 10.9. The zero-order chi connectivity index (χ0) is 12.8. The smallest absolute Gasteiger partial charge is 0.311 e. The molecule has 0 atom stereocenters. The average molecular weight is 255 g/mol. The van der Waals surface area contributed by atoms with Crippen molar-refractivity contribution in [1.29, 1.82) is 0 Å². The molecule has 0 fully saturated rings. The number of hydrogen-bond acceptors (Lipinski definition) is 4. The van der Waals surface area contributed by atoms with Gasteiger partial charge in [-0.05, 0) is 43.6 Å². The highest BCUT2D eigenvalue weighted by atomic mass is 32.1. The van der Waals surface area contributed by atoms with Crippen molar-refractivity contribution in [2.45, 2.75) is 26.7 Å². The Morgan fingerprint density at radius 1 is 1.35 bits per heavy atom. The molecule has 0 aromatic heterocycles. The van der Waals surface area contributed by atoms with Gasteiger partial charge in [0.05, 0.1) is 11.5 Å². The van der Waals surface area contributed by atoms with Gasteiger partial charge in [0.15, 0.2) is 5.75 Å². The largest absolute Gasteiger partial charge is 0.487 e. The van der Waals surface area contributed by atoms with Gasteiger partial charge in [-0.1, -0.05) is 6.07 Å². The molecule has 0 radical (unpaired) electrons. The molecule has 1 aromatic rings. The fourth-order valence-corrected chi connectivity index (χ4v) is 1.87. The topological polar surface area (TPSA) is 52.4 Å². The summed E-state index contributed by atoms with van der Waals surface area (Å²) in [7, 11) is 0. The van der Waals surface area contributed by atoms with E-state index in [1.807, 2.05) is 19.9 Å². The maximum absolute atomic E-state index is 10.9. The van der Waals surface area contributed by atoms with Crippen molar-refractivity contribution in [3.63, 3.8) is 0 Å². The molecule has 0 amide bonds. The van der Waals surface area contributed by atoms with Crippen molar-refractivity contribution in [3.8, 4) is 5.75 Å². The van der Waals surface area contributed by atoms with Crippen LogP contribution in [-0.4, -0.2) is 17.3 Å². The van der Waals surface area contributed by atoms with E-state index in [-0.39, 0.29) is 5.69 Å². The third kappa shape index (κ3) is 3.93. The third-order valence-electron chi connectivity index (χ3n) is 2.39. The molecule has 0 aliphatic rings. The van der Waals surface area contributed by atoms with Crippen LogP contribution in [0.1, 0.15) is 24.0 Å². The first-order chi connectivity index (χ1) is 8.06. The predicted octanol–water partition coefficient (Wildman–Crippen LogP) is 3.30. The number of rotatable bonds is 6. The second-order valence-corrected chi connectivity index (χ2v) is 4.41. The van der Waals surface area contributed by atoms with Gasteiger partial charge in [-0.25, -0.2) is 0 Å². The minimum atomic E-state index is -0.395. The summed E-state index contributed by atoms with van der Waals surface area (Å²) in [5.74, 6) is 1.19. The maximum atomic E-state index is 10.9. The Balaban J connectivity index is 2.85. The molecule has 0 bridgehead atoms. The lowest BCUT2D eigenvalue weighted by Crippen LogP contribution is -2.03. The minimum absolute atomic E-state index is 0.0494. The highest BCUT2D eigenvalue weighted by Gasteiger charge is 2.18. The van der Waals surface area contributed by atoms with Crippen LogP contribution in [0.2, 0.25) is 0 Å². The number of nitrogens with zero attached hydrogens (tertiary/aromatic N) is 1. The van der Waals surface area contributed by atoms with Gasteiger partial charge >= 0.3 is 5.69 Å². The maximum Gasteiger partial charge on any atom is 0.311 e. The number of nitro groups is 1. The van der Waals surface area contributed by atoms with Gasteiger partial charge in [-0.2, -0.15) is 12.6 Å². The molecule has 0 heterocycles. The zero-order valence-corrected chi connectivity index (χ0v) is 11.0. The standard InChI is InChI=1S/C12H17NO3S/c1-9-7-10(2)12(11(8-9)13(14)15)16-5-3-4-6-17/h7-8,17H,3-6H2,1-2H3. The van der Waals surface area contributed by atoms with Crippen LogP contribution in [0.5, 0.6) is 5.75 Å². The van der Waals surface area contributed by atoms with Crippen LogP contribution in [0.3, 0.4) is 0 Å². The van der Waals surface area contributed by atoms with Crippen molar-refractivity contribution < 1.29 is 9.66 Å². The monoisotopic (exact) mass is 255 g/mol. The molecule has 17 heavy (non-hydrogen) atoms. The van der Waals surface area contributed by atoms with Gasteiger partial charge in [-0.3, -0.25) is 10.1 Å². The molecule has 0 unspecified atom stereocenters. The van der Waals surface area contributed by atoms with Crippen LogP contribution in [0.15, 0.2) is 12.1 Å². The average Bonchev–Trinajstić information content (AvgIpc) is 2.25. The van der Waals surface area contributed by atoms with E-state index < -0.39 is 4.92 Å². The summed E-state index contributed by atoms with van der Waals surface area (Å²) in [6.07, 6.45) is 1.80. The zero-order valence-electron chi connectivity index (χ0n) is 10.1. The molecule has 1 rings (SSSR count). The quantitative estimate of drug-likeness (QED) is 0.367. The van der Waals surface area contributed by atoms with Gasteiger partial charge in [0, 0.05) is 6.07 Å². The van der Waals surface area contributed by atoms with E-state index in [2.05, 4.69) is 12.6 Å². The SMILES string of the molecule is Cc1cc(C)c(OCCCCS)c([N+](=O)[O-])c1. The molecule has 1 aromatic carbocycles. The first-order valence-electron chi connectivity index (χ1n) is 5.55. The predicted molar refractivity (Wildman–Crippen MR) is 71.2 cm³/mol. The molecular formula is C12H17NO3S. The van der Waals surface area contributed by atoms with Crippen molar-refractivity contribution in [1.82, 2.24) is 0 Å². The summed E-state index contributed by atoms with van der Waals surface area (Å²) in [6.45, 7) is 4.16. The number of benzene rings is 1. The number of ether oxygens (including phenoxy) is 1. The van der Waals surface area contributed by atoms with Crippen LogP contribution in [-0.2, 0) is 0 Å². The highest BCUT2D eigenvalue weighted by molar-refractivity contribution is 7.80. The lowest BCUT2D eigenvalue weighted by Gasteiger charge is -2.10. The second-order valence-electron chi connectivity index (χ2n) is 3.97. The Labute approximate surface area is 107 Å². The van der Waals surface area contributed by atoms with Crippen LogP contribution in [0.4, 0.5) is 5.69 Å². The van der Waals surface area contributed by atoms with Gasteiger partial charge < -0.3 is 4.74 Å². The minimum Gasteiger partial charge on any atom is -0.487 e. The summed E-state index contributed by atoms with van der Waals surface area (Å²) < 4.78 is 5.51. The first kappa shape index (κ1) is 13.8. The number of thiol groups is 1. The fraction of sp³-hybridized carbons (Fsp3) is 0.500. The molecule has 94 valence electrons. The third-order valence-corrected chi connectivity index (χ3v) is 2.71. The van der Waals surface area contributed by atoms with Crippen molar-refractivity contribution in [3.05, 3.63) is 33.4 Å². The Kier molecular flexibility index (Phi) is 5.28. The fourth-order valence-electron chi connectivity index (χ4n) is 1.64. The van der Waals surface area contributed by atoms with Crippen LogP contribution >= 0.6 is 12.6 Å². The highest BCUT2D eigenvalue weighted by Crippen LogP contribution is 2.32. The molecule has 0 N–H and O–H groups in total. The van der Waals surface area contributed by atoms with Crippen molar-refractivity contribution in [2.24, 2.45) is 0 Å². The summed E-state index contributed by atoms with van der Waals surface area (Å²) in [5.41, 5.74) is 1.73. The van der Waals surface area contributed by atoms with Crippen molar-refractivity contribution >= 4 is 18.3 Å². The molecule has 4 nitrogen and oxygen atoms in total. The number of unbranched alkanes of at least 4 members (excludes halogenated alkanes) is 1. The summed E-state index contributed by atoms with van der Waals surface area (Å²) in [6, 6.07) is 3.43. The Hall–Kier alpha value is -1.23. The van der Waals surface area contributed by atoms with Crippen LogP contribution < -0.4 is 4.74 Å². The first-order valence-corrected chi connectivity index (χ1v) is 6.18. The molecule has 0 spiro atoms. The molecule has 0 saturated heterocycles. The van der Waals surface area contributed by atoms with E-state index in [1.54, 1.807) is 6.07 Å². The van der Waals surface area contributed by atoms with E-state index in [0.29, 0.717) is 12.4 Å². The van der Waals surface area contributed by atoms with Gasteiger partial charge in [-0.15, -0.1) is 0 Å². The van der Waals surface area contributed by atoms with Crippen LogP contribution in [0, 0.1) is 24.0 Å². The summed E-state index contributed by atoms with van der Waals surface area (Å²) >= 11 is 4.10. The Morgan fingerprint density at radius 3 is 2.65 bits per heavy atom. The van der Waals surface area contributed by atoms with E-state index >= 15 is 0 Å². The van der Waals surface area contributed by atoms with E-state index in [4.69, 9.17) is 4.74 Å². The molecule has 0 aliphatic heterocycles. The number of hydrogen-bond donors (Lipinski definition) is 1. The van der Waals surface area contributed by atoms with Gasteiger partial charge in [0.2, 0.25) is 0 Å². The van der Waals surface area contributed by atoms with E-state index in [9.17, 15) is 10.1 Å². The Morgan fingerprint density at radius 2 is 2.06 bits per heavy atom. The number of nitro benzene ring substituents is 1. The molecule has 5 heteroatoms. The van der Waals surface area contributed by atoms with Gasteiger partial charge in [0.25, 0.3) is 0 Å². The molecular weight excluding hydrogens is 238 g/mol. The second kappa shape index (κ2) is 6.49. The normalized spacial score (nSPS) is 10.3. The van der Waals surface area contributed by atoms with E-state index in [0.717, 1.165) is 29.7 Å². The van der Waals surface area contributed by atoms with Gasteiger partial charge in [0.1, 0.15) is 0 Å². The van der Waals surface area contributed by atoms with E-state index in [1.165, 1.54) is 0 Å². The molecule has 0 saturated carbocycles. The lowest BCUT2D eigenvalue weighted by molar-refractivity contribution is -0.386. The Bertz CT molecular complexity index is 407. The summed E-state index contributed by atoms with van der Waals surface area (Å²) in [4.78, 5) is 10.5. The molecule has 0 aliphatic carbocycles. The van der Waals surface area contributed by atoms with Crippen molar-refractivity contribution in [2.75, 3.05) is 12.4 Å². The lowest BCUT2D eigenvalue weighted by atomic mass is 10.1.